The predicted molar refractivity (Wildman–Crippen MR) is 85.3 cm³/mol. The number of hydrogen-bond acceptors (Lipinski definition) is 3. The van der Waals surface area contributed by atoms with Crippen molar-refractivity contribution in [3.63, 3.8) is 0 Å². The molecule has 0 aliphatic heterocycles. The number of carbonyl (C=O) groups excluding carboxylic acids is 1. The maximum absolute atomic E-state index is 11.4. The van der Waals surface area contributed by atoms with E-state index in [2.05, 4.69) is 15.3 Å². The molecule has 112 valence electrons. The molecule has 0 saturated heterocycles. The average Bonchev–Trinajstić information content (AvgIpc) is 2.98. The number of carbonyl (C=O) groups is 1. The van der Waals surface area contributed by atoms with Crippen LogP contribution in [0, 0.1) is 0 Å². The molecular weight excluding hydrogens is 278 g/mol. The highest BCUT2D eigenvalue weighted by Crippen LogP contribution is 2.20. The molecule has 5 nitrogen and oxygen atoms in total. The van der Waals surface area contributed by atoms with E-state index in [1.807, 2.05) is 48.5 Å². The van der Waals surface area contributed by atoms with Crippen LogP contribution in [-0.2, 0) is 16.1 Å². The lowest BCUT2D eigenvalue weighted by molar-refractivity contribution is -0.124. The first-order chi connectivity index (χ1) is 10.8. The van der Waals surface area contributed by atoms with Gasteiger partial charge >= 0.3 is 0 Å². The molecule has 0 atom stereocenters. The number of nitrogens with zero attached hydrogens (tertiary/aromatic N) is 1. The molecule has 0 spiro atoms. The second-order valence-electron chi connectivity index (χ2n) is 5.01. The number of amides is 1. The largest absolute Gasteiger partial charge is 0.375 e. The second-order valence-corrected chi connectivity index (χ2v) is 5.01. The van der Waals surface area contributed by atoms with Gasteiger partial charge in [0.2, 0.25) is 5.91 Å². The number of ether oxygens (including phenoxy) is 1. The molecular formula is C17H17N3O2. The number of fused-ring (bicyclic) bond motifs is 1. The van der Waals surface area contributed by atoms with Crippen LogP contribution in [0.3, 0.4) is 0 Å². The first-order valence-electron chi connectivity index (χ1n) is 7.06. The number of rotatable bonds is 5. The van der Waals surface area contributed by atoms with E-state index in [4.69, 9.17) is 4.74 Å². The second kappa shape index (κ2) is 6.41. The van der Waals surface area contributed by atoms with Gasteiger partial charge in [0, 0.05) is 19.2 Å². The van der Waals surface area contributed by atoms with E-state index in [0.717, 1.165) is 28.0 Å². The molecule has 0 aliphatic carbocycles. The zero-order valence-electron chi connectivity index (χ0n) is 12.3. The van der Waals surface area contributed by atoms with Gasteiger partial charge in [0.1, 0.15) is 12.4 Å². The van der Waals surface area contributed by atoms with Gasteiger partial charge in [0.15, 0.2) is 0 Å². The predicted octanol–water partition coefficient (Wildman–Crippen LogP) is 2.49. The molecule has 0 radical (unpaired) electrons. The van der Waals surface area contributed by atoms with Crippen molar-refractivity contribution in [3.8, 4) is 11.4 Å². The van der Waals surface area contributed by atoms with E-state index in [9.17, 15) is 4.79 Å². The van der Waals surface area contributed by atoms with Gasteiger partial charge in [0.25, 0.3) is 0 Å². The van der Waals surface area contributed by atoms with E-state index < -0.39 is 0 Å². The lowest BCUT2D eigenvalue weighted by Gasteiger charge is -2.05. The number of H-pyrrole nitrogens is 1. The van der Waals surface area contributed by atoms with Crippen molar-refractivity contribution in [1.29, 1.82) is 0 Å². The molecule has 2 N–H and O–H groups in total. The fourth-order valence-corrected chi connectivity index (χ4v) is 2.25. The van der Waals surface area contributed by atoms with Crippen LogP contribution in [0.5, 0.6) is 0 Å². The smallest absolute Gasteiger partial charge is 0.246 e. The van der Waals surface area contributed by atoms with Crippen LogP contribution in [0.15, 0.2) is 48.5 Å². The Kier molecular flexibility index (Phi) is 4.16. The van der Waals surface area contributed by atoms with Crippen LogP contribution in [0.1, 0.15) is 5.56 Å². The number of methoxy groups -OCH3 is 1. The number of aromatic amines is 1. The molecule has 0 saturated carbocycles. The van der Waals surface area contributed by atoms with Crippen LogP contribution in [0.25, 0.3) is 22.4 Å². The summed E-state index contributed by atoms with van der Waals surface area (Å²) in [5.74, 6) is 0.722. The van der Waals surface area contributed by atoms with E-state index in [1.54, 1.807) is 0 Å². The van der Waals surface area contributed by atoms with E-state index in [-0.39, 0.29) is 12.5 Å². The highest BCUT2D eigenvalue weighted by Gasteiger charge is 2.05. The maximum Gasteiger partial charge on any atom is 0.246 e. The summed E-state index contributed by atoms with van der Waals surface area (Å²) in [6, 6.07) is 15.9. The third-order valence-electron chi connectivity index (χ3n) is 3.38. The number of hydrogen-bond donors (Lipinski definition) is 2. The molecule has 0 fully saturated rings. The van der Waals surface area contributed by atoms with Crippen LogP contribution >= 0.6 is 0 Å². The highest BCUT2D eigenvalue weighted by molar-refractivity contribution is 5.79. The minimum absolute atomic E-state index is 0.0804. The van der Waals surface area contributed by atoms with Crippen molar-refractivity contribution >= 4 is 16.9 Å². The summed E-state index contributed by atoms with van der Waals surface area (Å²) < 4.78 is 4.77. The fraction of sp³-hybridized carbons (Fsp3) is 0.176. The quantitative estimate of drug-likeness (QED) is 0.760. The molecule has 0 bridgehead atoms. The van der Waals surface area contributed by atoms with Gasteiger partial charge in [-0.25, -0.2) is 4.98 Å². The summed E-state index contributed by atoms with van der Waals surface area (Å²) in [5.41, 5.74) is 4.02. The van der Waals surface area contributed by atoms with Gasteiger partial charge in [0.05, 0.1) is 11.0 Å². The van der Waals surface area contributed by atoms with E-state index in [1.165, 1.54) is 7.11 Å². The Bertz CT molecular complexity index is 745. The van der Waals surface area contributed by atoms with Crippen molar-refractivity contribution in [2.75, 3.05) is 13.7 Å². The third-order valence-corrected chi connectivity index (χ3v) is 3.38. The molecule has 0 aliphatic rings. The molecule has 3 aromatic rings. The summed E-state index contributed by atoms with van der Waals surface area (Å²) in [4.78, 5) is 19.2. The van der Waals surface area contributed by atoms with E-state index >= 15 is 0 Å². The normalized spacial score (nSPS) is 10.8. The van der Waals surface area contributed by atoms with Crippen LogP contribution < -0.4 is 5.32 Å². The molecule has 1 aromatic heterocycles. The van der Waals surface area contributed by atoms with Gasteiger partial charge in [-0.05, 0) is 17.7 Å². The highest BCUT2D eigenvalue weighted by atomic mass is 16.5. The Morgan fingerprint density at radius 1 is 1.18 bits per heavy atom. The summed E-state index contributed by atoms with van der Waals surface area (Å²) in [5, 5.41) is 2.79. The Labute approximate surface area is 128 Å². The molecule has 5 heteroatoms. The van der Waals surface area contributed by atoms with Crippen molar-refractivity contribution in [3.05, 3.63) is 54.1 Å². The van der Waals surface area contributed by atoms with Crippen molar-refractivity contribution in [2.45, 2.75) is 6.54 Å². The molecule has 2 aromatic carbocycles. The summed E-state index contributed by atoms with van der Waals surface area (Å²) in [6.07, 6.45) is 0. The molecule has 1 heterocycles. The minimum Gasteiger partial charge on any atom is -0.375 e. The third kappa shape index (κ3) is 3.15. The Hall–Kier alpha value is -2.66. The first-order valence-corrected chi connectivity index (χ1v) is 7.06. The number of para-hydroxylation sites is 2. The first kappa shape index (κ1) is 14.3. The molecule has 22 heavy (non-hydrogen) atoms. The molecule has 3 rings (SSSR count). The lowest BCUT2D eigenvalue weighted by Crippen LogP contribution is -2.26. The zero-order valence-corrected chi connectivity index (χ0v) is 12.3. The number of imidazole rings is 1. The van der Waals surface area contributed by atoms with Gasteiger partial charge in [-0.3, -0.25) is 4.79 Å². The molecule has 0 unspecified atom stereocenters. The molecule has 1 amide bonds. The van der Waals surface area contributed by atoms with Crippen molar-refractivity contribution < 1.29 is 9.53 Å². The topological polar surface area (TPSA) is 67.0 Å². The zero-order chi connectivity index (χ0) is 15.4. The number of benzene rings is 2. The standard InChI is InChI=1S/C17H17N3O2/c1-22-11-16(21)18-10-12-6-8-13(9-7-12)17-19-14-4-2-3-5-15(14)20-17/h2-9H,10-11H2,1H3,(H,18,21)(H,19,20). The maximum atomic E-state index is 11.4. The number of nitrogens with one attached hydrogen (secondary N) is 2. The van der Waals surface area contributed by atoms with Crippen molar-refractivity contribution in [1.82, 2.24) is 15.3 Å². The van der Waals surface area contributed by atoms with Gasteiger partial charge in [-0.1, -0.05) is 36.4 Å². The Morgan fingerprint density at radius 2 is 1.95 bits per heavy atom. The van der Waals surface area contributed by atoms with Crippen LogP contribution in [0.4, 0.5) is 0 Å². The number of aromatic nitrogens is 2. The van der Waals surface area contributed by atoms with Gasteiger partial charge < -0.3 is 15.0 Å². The van der Waals surface area contributed by atoms with Gasteiger partial charge in [-0.15, -0.1) is 0 Å². The average molecular weight is 295 g/mol. The van der Waals surface area contributed by atoms with E-state index in [0.29, 0.717) is 6.54 Å². The summed E-state index contributed by atoms with van der Waals surface area (Å²) in [6.45, 7) is 0.569. The van der Waals surface area contributed by atoms with Crippen molar-refractivity contribution in [2.24, 2.45) is 0 Å². The summed E-state index contributed by atoms with van der Waals surface area (Å²) >= 11 is 0. The summed E-state index contributed by atoms with van der Waals surface area (Å²) in [7, 11) is 1.50. The van der Waals surface area contributed by atoms with Crippen LogP contribution in [-0.4, -0.2) is 29.6 Å². The van der Waals surface area contributed by atoms with Gasteiger partial charge in [-0.2, -0.15) is 0 Å². The van der Waals surface area contributed by atoms with Crippen LogP contribution in [0.2, 0.25) is 0 Å². The Balaban J connectivity index is 1.72. The monoisotopic (exact) mass is 295 g/mol. The SMILES string of the molecule is COCC(=O)NCc1ccc(-c2nc3ccccc3[nH]2)cc1. The Morgan fingerprint density at radius 3 is 2.68 bits per heavy atom. The fourth-order valence-electron chi connectivity index (χ4n) is 2.25. The minimum atomic E-state index is -0.121. The lowest BCUT2D eigenvalue weighted by atomic mass is 10.1.